The third-order valence-electron chi connectivity index (χ3n) is 19.2. The molecule has 1 aliphatic rings. The third-order valence-corrected chi connectivity index (χ3v) is 21.9. The van der Waals surface area contributed by atoms with E-state index >= 15 is 0 Å². The van der Waals surface area contributed by atoms with Crippen molar-refractivity contribution in [1.82, 2.24) is 27.1 Å². The van der Waals surface area contributed by atoms with E-state index in [0.717, 1.165) is 101 Å². The summed E-state index contributed by atoms with van der Waals surface area (Å²) in [7, 11) is -1.36. The lowest BCUT2D eigenvalue weighted by Crippen LogP contribution is -2.16. The molecule has 8 nitrogen and oxygen atoms in total. The highest BCUT2D eigenvalue weighted by molar-refractivity contribution is 7.63. The van der Waals surface area contributed by atoms with E-state index in [-0.39, 0.29) is 0 Å². The fourth-order valence-corrected chi connectivity index (χ4v) is 19.0. The standard InChI is InChI=1S/C76H47N6O2P/c1-41-28-31-52-44(34-41)37-51-61(77-53-22-10-4-16-45(53)46-17-5-11-23-54(46)77)38-64-74-69(51)80(52)65-39-62(78-55-24-12-6-18-47(55)48-19-7-13-25-56(48)78)72-70-75(65)85(74)76-66(82(70)60-33-30-43(3)36-68(60)84-72)40-63(73-71(76)81(64)59-32-29-42(2)35-67(59)83-73)79-57-26-14-8-20-49(57)50-21-9-15-27-58(50)79/h4-36,38-40H,37H2,1-3H3. The van der Waals surface area contributed by atoms with Crippen molar-refractivity contribution in [1.29, 1.82) is 0 Å². The Kier molecular flexibility index (Phi) is 8.19. The van der Waals surface area contributed by atoms with Crippen LogP contribution in [0.3, 0.4) is 0 Å². The predicted octanol–water partition coefficient (Wildman–Crippen LogP) is 20.6. The molecule has 0 spiro atoms. The second-order valence-electron chi connectivity index (χ2n) is 23.9. The zero-order chi connectivity index (χ0) is 55.4. The molecule has 0 radical (unpaired) electrons. The number of para-hydroxylation sites is 6. The summed E-state index contributed by atoms with van der Waals surface area (Å²) >= 11 is 0. The number of hydrogen-bond acceptors (Lipinski definition) is 2. The molecule has 9 heterocycles. The monoisotopic (exact) mass is 1110 g/mol. The number of rotatable bonds is 3. The highest BCUT2D eigenvalue weighted by Gasteiger charge is 2.36. The fourth-order valence-electron chi connectivity index (χ4n) is 15.9. The molecule has 0 bridgehead atoms. The Morgan fingerprint density at radius 2 is 0.671 bits per heavy atom. The van der Waals surface area contributed by atoms with Gasteiger partial charge in [-0.3, -0.25) is 0 Å². The highest BCUT2D eigenvalue weighted by atomic mass is 31.1. The quantitative estimate of drug-likeness (QED) is 0.131. The molecule has 8 aromatic heterocycles. The molecule has 398 valence electrons. The molecule has 20 aromatic rings. The number of aromatic nitrogens is 6. The van der Waals surface area contributed by atoms with Crippen molar-refractivity contribution in [2.45, 2.75) is 27.2 Å². The van der Waals surface area contributed by atoms with Gasteiger partial charge in [0.2, 0.25) is 0 Å². The van der Waals surface area contributed by atoms with Crippen molar-refractivity contribution >= 4 is 155 Å². The summed E-state index contributed by atoms with van der Waals surface area (Å²) in [6.45, 7) is 6.59. The molecule has 0 N–H and O–H groups in total. The zero-order valence-electron chi connectivity index (χ0n) is 46.4. The minimum atomic E-state index is -1.36. The van der Waals surface area contributed by atoms with Crippen LogP contribution < -0.4 is 0 Å². The van der Waals surface area contributed by atoms with Crippen LogP contribution in [0.25, 0.3) is 170 Å². The van der Waals surface area contributed by atoms with Gasteiger partial charge in [0, 0.05) is 55.1 Å². The van der Waals surface area contributed by atoms with Crippen molar-refractivity contribution < 1.29 is 8.83 Å². The smallest absolute Gasteiger partial charge is 0.176 e. The van der Waals surface area contributed by atoms with E-state index in [4.69, 9.17) is 8.83 Å². The number of fused-ring (bicyclic) bond motifs is 18. The summed E-state index contributed by atoms with van der Waals surface area (Å²) in [6, 6.07) is 81.8. The number of benzene rings is 12. The molecule has 0 saturated heterocycles. The van der Waals surface area contributed by atoms with Crippen LogP contribution in [0.4, 0.5) is 0 Å². The average Bonchev–Trinajstić information content (AvgIpc) is 2.13. The summed E-state index contributed by atoms with van der Waals surface area (Å²) < 4.78 is 31.0. The summed E-state index contributed by atoms with van der Waals surface area (Å²) in [5.41, 5.74) is 29.6. The van der Waals surface area contributed by atoms with E-state index in [9.17, 15) is 0 Å². The normalized spacial score (nSPS) is 13.3. The molecule has 0 fully saturated rings. The Bertz CT molecular complexity index is 6330. The Morgan fingerprint density at radius 3 is 1.13 bits per heavy atom. The molecule has 1 atom stereocenters. The second-order valence-corrected chi connectivity index (χ2v) is 25.9. The maximum absolute atomic E-state index is 7.76. The SMILES string of the molecule is Cc1ccc2c(c1)Cc1c(-n3c4ccccc4c4ccccc43)cc3c4c1n-2c1cc(-n2c5ccccc5c5ccccc52)c2oc5cc(C)ccc5n5c6cc(-n7c8ccccc8c8ccccc87)c7oc8cc(C)ccc8n3c7c6p4c1c25. The lowest BCUT2D eigenvalue weighted by molar-refractivity contribution is 0.652. The predicted molar refractivity (Wildman–Crippen MR) is 353 cm³/mol. The lowest BCUT2D eigenvalue weighted by atomic mass is 9.94. The van der Waals surface area contributed by atoms with E-state index in [1.54, 1.807) is 0 Å². The van der Waals surface area contributed by atoms with Gasteiger partial charge in [-0.1, -0.05) is 146 Å². The largest absolute Gasteiger partial charge is 0.451 e. The first-order valence-corrected chi connectivity index (χ1v) is 30.7. The van der Waals surface area contributed by atoms with Crippen LogP contribution in [0, 0.1) is 20.8 Å². The Balaban J connectivity index is 1.12. The van der Waals surface area contributed by atoms with Gasteiger partial charge in [-0.15, -0.1) is 0 Å². The number of nitrogens with zero attached hydrogens (tertiary/aromatic N) is 6. The van der Waals surface area contributed by atoms with Gasteiger partial charge < -0.3 is 35.9 Å². The summed E-state index contributed by atoms with van der Waals surface area (Å²) in [5, 5.41) is 11.2. The van der Waals surface area contributed by atoms with Crippen LogP contribution in [-0.2, 0) is 6.42 Å². The summed E-state index contributed by atoms with van der Waals surface area (Å²) in [6.07, 6.45) is 0.758. The summed E-state index contributed by atoms with van der Waals surface area (Å²) in [4.78, 5) is 0. The van der Waals surface area contributed by atoms with Crippen LogP contribution in [0.15, 0.2) is 227 Å². The fraction of sp³-hybridized carbons (Fsp3) is 0.0526. The molecular formula is C76H47N6O2P. The first-order valence-electron chi connectivity index (χ1n) is 29.4. The molecule has 1 unspecified atom stereocenters. The van der Waals surface area contributed by atoms with Gasteiger partial charge in [0.15, 0.2) is 22.3 Å². The minimum Gasteiger partial charge on any atom is -0.451 e. The zero-order valence-corrected chi connectivity index (χ0v) is 47.3. The minimum absolute atomic E-state index is 0.758. The Morgan fingerprint density at radius 1 is 0.306 bits per heavy atom. The van der Waals surface area contributed by atoms with Crippen molar-refractivity contribution in [3.63, 3.8) is 0 Å². The third kappa shape index (κ3) is 5.42. The molecule has 21 rings (SSSR count). The van der Waals surface area contributed by atoms with Gasteiger partial charge in [0.05, 0.1) is 93.5 Å². The van der Waals surface area contributed by atoms with Gasteiger partial charge in [-0.25, -0.2) is 0 Å². The Labute approximate surface area is 484 Å². The van der Waals surface area contributed by atoms with Crippen LogP contribution in [0.5, 0.6) is 0 Å². The molecule has 1 aliphatic heterocycles. The van der Waals surface area contributed by atoms with Gasteiger partial charge in [-0.2, -0.15) is 0 Å². The topological polar surface area (TPSA) is 54.8 Å². The van der Waals surface area contributed by atoms with E-state index in [0.29, 0.717) is 0 Å². The van der Waals surface area contributed by atoms with E-state index in [1.807, 2.05) is 0 Å². The molecule has 85 heavy (non-hydrogen) atoms. The van der Waals surface area contributed by atoms with E-state index < -0.39 is 7.34 Å². The van der Waals surface area contributed by atoms with Crippen molar-refractivity contribution in [3.05, 3.63) is 246 Å². The van der Waals surface area contributed by atoms with Crippen LogP contribution in [0.1, 0.15) is 27.8 Å². The average molecular weight is 1110 g/mol. The number of hydrogen-bond donors (Lipinski definition) is 0. The molecule has 9 heteroatoms. The maximum atomic E-state index is 7.76. The lowest BCUT2D eigenvalue weighted by Gasteiger charge is -2.33. The number of aryl methyl sites for hydroxylation is 3. The Hall–Kier alpha value is -10.7. The molecular weight excluding hydrogens is 1060 g/mol. The van der Waals surface area contributed by atoms with Crippen molar-refractivity contribution in [2.75, 3.05) is 0 Å². The van der Waals surface area contributed by atoms with Gasteiger partial charge in [0.1, 0.15) is 11.0 Å². The van der Waals surface area contributed by atoms with Gasteiger partial charge in [0.25, 0.3) is 0 Å². The maximum Gasteiger partial charge on any atom is 0.176 e. The molecule has 0 amide bonds. The first kappa shape index (κ1) is 44.9. The van der Waals surface area contributed by atoms with E-state index in [1.165, 1.54) is 103 Å². The molecule has 0 aliphatic carbocycles. The van der Waals surface area contributed by atoms with E-state index in [2.05, 4.69) is 266 Å². The van der Waals surface area contributed by atoms with Crippen LogP contribution in [0.2, 0.25) is 0 Å². The van der Waals surface area contributed by atoms with Gasteiger partial charge in [-0.05, 0) is 122 Å². The van der Waals surface area contributed by atoms with Crippen LogP contribution in [-0.4, -0.2) is 27.1 Å². The second kappa shape index (κ2) is 15.5. The molecule has 0 saturated carbocycles. The summed E-state index contributed by atoms with van der Waals surface area (Å²) in [5.74, 6) is 0. The highest BCUT2D eigenvalue weighted by Crippen LogP contribution is 2.61. The first-order chi connectivity index (χ1) is 41.9. The van der Waals surface area contributed by atoms with Gasteiger partial charge >= 0.3 is 0 Å². The van der Waals surface area contributed by atoms with Crippen molar-refractivity contribution in [2.24, 2.45) is 0 Å². The molecule has 12 aromatic carbocycles. The van der Waals surface area contributed by atoms with Crippen LogP contribution >= 0.6 is 7.34 Å². The van der Waals surface area contributed by atoms with Crippen molar-refractivity contribution in [3.8, 4) is 22.7 Å².